The minimum Gasteiger partial charge on any atom is -0.497 e. The average molecular weight is 373 g/mol. The molecular weight excluding hydrogens is 358 g/mol. The van der Waals surface area contributed by atoms with E-state index in [9.17, 15) is 14.9 Å². The van der Waals surface area contributed by atoms with Crippen LogP contribution in [-0.2, 0) is 7.05 Å². The third-order valence-electron chi connectivity index (χ3n) is 3.84. The van der Waals surface area contributed by atoms with Crippen molar-refractivity contribution in [2.75, 3.05) is 14.2 Å². The molecule has 0 radical (unpaired) electrons. The number of non-ortho nitro benzene ring substituents is 1. The van der Waals surface area contributed by atoms with E-state index in [1.807, 2.05) is 0 Å². The molecule has 1 heterocycles. The molecule has 1 aromatic heterocycles. The number of thiazole rings is 1. The van der Waals surface area contributed by atoms with Gasteiger partial charge in [0.1, 0.15) is 11.5 Å². The van der Waals surface area contributed by atoms with E-state index in [-0.39, 0.29) is 11.3 Å². The number of nitro groups is 1. The molecule has 8 nitrogen and oxygen atoms in total. The van der Waals surface area contributed by atoms with Gasteiger partial charge in [-0.15, -0.1) is 0 Å². The molecule has 0 atom stereocenters. The maximum atomic E-state index is 12.6. The van der Waals surface area contributed by atoms with Crippen molar-refractivity contribution in [1.29, 1.82) is 0 Å². The minimum atomic E-state index is -0.489. The molecule has 0 N–H and O–H groups in total. The molecule has 0 saturated carbocycles. The molecule has 3 aromatic rings. The number of ether oxygens (including phenoxy) is 2. The van der Waals surface area contributed by atoms with Gasteiger partial charge < -0.3 is 14.0 Å². The standard InChI is InChI=1S/C17H15N3O5S/c1-19-13-6-4-10(20(22)23)8-15(13)26-17(19)18-16(21)12-9-11(24-2)5-7-14(12)25-3/h4-9H,1-3H3. The van der Waals surface area contributed by atoms with E-state index in [2.05, 4.69) is 4.99 Å². The quantitative estimate of drug-likeness (QED) is 0.517. The fourth-order valence-electron chi connectivity index (χ4n) is 2.47. The van der Waals surface area contributed by atoms with E-state index in [0.29, 0.717) is 21.0 Å². The number of carbonyl (C=O) groups is 1. The summed E-state index contributed by atoms with van der Waals surface area (Å²) >= 11 is 1.20. The topological polar surface area (TPSA) is 96.0 Å². The number of methoxy groups -OCH3 is 2. The highest BCUT2D eigenvalue weighted by Gasteiger charge is 2.15. The Bertz CT molecular complexity index is 1080. The Morgan fingerprint density at radius 3 is 2.62 bits per heavy atom. The van der Waals surface area contributed by atoms with Gasteiger partial charge in [-0.2, -0.15) is 4.99 Å². The second-order valence-corrected chi connectivity index (χ2v) is 6.35. The van der Waals surface area contributed by atoms with Crippen LogP contribution in [0.5, 0.6) is 11.5 Å². The number of amides is 1. The molecule has 0 saturated heterocycles. The van der Waals surface area contributed by atoms with E-state index in [0.717, 1.165) is 5.52 Å². The summed E-state index contributed by atoms with van der Waals surface area (Å²) in [6.07, 6.45) is 0. The van der Waals surface area contributed by atoms with E-state index in [1.54, 1.807) is 35.9 Å². The Morgan fingerprint density at radius 2 is 1.96 bits per heavy atom. The Balaban J connectivity index is 2.11. The zero-order valence-electron chi connectivity index (χ0n) is 14.3. The van der Waals surface area contributed by atoms with Crippen molar-refractivity contribution in [1.82, 2.24) is 4.57 Å². The van der Waals surface area contributed by atoms with Gasteiger partial charge >= 0.3 is 0 Å². The van der Waals surface area contributed by atoms with Gasteiger partial charge in [-0.3, -0.25) is 14.9 Å². The van der Waals surface area contributed by atoms with Gasteiger partial charge in [-0.05, 0) is 24.3 Å². The fraction of sp³-hybridized carbons (Fsp3) is 0.176. The van der Waals surface area contributed by atoms with Crippen molar-refractivity contribution in [3.63, 3.8) is 0 Å². The van der Waals surface area contributed by atoms with E-state index in [4.69, 9.17) is 9.47 Å². The highest BCUT2D eigenvalue weighted by atomic mass is 32.1. The Morgan fingerprint density at radius 1 is 1.19 bits per heavy atom. The first-order chi connectivity index (χ1) is 12.4. The summed E-state index contributed by atoms with van der Waals surface area (Å²) in [5, 5.41) is 10.9. The highest BCUT2D eigenvalue weighted by molar-refractivity contribution is 7.16. The van der Waals surface area contributed by atoms with Crippen molar-refractivity contribution in [3.8, 4) is 11.5 Å². The van der Waals surface area contributed by atoms with Crippen LogP contribution in [0.1, 0.15) is 10.4 Å². The first kappa shape index (κ1) is 17.6. The Labute approximate surface area is 152 Å². The van der Waals surface area contributed by atoms with Crippen molar-refractivity contribution in [3.05, 3.63) is 56.9 Å². The third-order valence-corrected chi connectivity index (χ3v) is 4.93. The molecule has 9 heteroatoms. The number of benzene rings is 2. The number of hydrogen-bond acceptors (Lipinski definition) is 6. The van der Waals surface area contributed by atoms with Gasteiger partial charge in [0.2, 0.25) is 0 Å². The molecule has 0 unspecified atom stereocenters. The van der Waals surface area contributed by atoms with Gasteiger partial charge in [0.25, 0.3) is 11.6 Å². The predicted molar refractivity (Wildman–Crippen MR) is 96.9 cm³/mol. The summed E-state index contributed by atoms with van der Waals surface area (Å²) < 4.78 is 12.8. The smallest absolute Gasteiger partial charge is 0.283 e. The lowest BCUT2D eigenvalue weighted by molar-refractivity contribution is -0.384. The third kappa shape index (κ3) is 3.16. The van der Waals surface area contributed by atoms with E-state index in [1.165, 1.54) is 37.7 Å². The minimum absolute atomic E-state index is 0.00769. The van der Waals surface area contributed by atoms with Gasteiger partial charge in [0.05, 0.1) is 34.9 Å². The number of hydrogen-bond donors (Lipinski definition) is 0. The lowest BCUT2D eigenvalue weighted by Crippen LogP contribution is -2.13. The molecule has 0 bridgehead atoms. The zero-order chi connectivity index (χ0) is 18.8. The monoisotopic (exact) mass is 373 g/mol. The average Bonchev–Trinajstić information content (AvgIpc) is 2.96. The molecule has 0 aliphatic carbocycles. The van der Waals surface area contributed by atoms with E-state index < -0.39 is 10.8 Å². The van der Waals surface area contributed by atoms with Crippen LogP contribution in [0.2, 0.25) is 0 Å². The second-order valence-electron chi connectivity index (χ2n) is 5.34. The van der Waals surface area contributed by atoms with E-state index >= 15 is 0 Å². The summed E-state index contributed by atoms with van der Waals surface area (Å²) in [6.45, 7) is 0. The summed E-state index contributed by atoms with van der Waals surface area (Å²) in [5.41, 5.74) is 1.02. The Hall–Kier alpha value is -3.20. The molecule has 3 rings (SSSR count). The number of nitro benzene ring substituents is 1. The molecule has 26 heavy (non-hydrogen) atoms. The largest absolute Gasteiger partial charge is 0.497 e. The maximum absolute atomic E-state index is 12.6. The first-order valence-electron chi connectivity index (χ1n) is 7.49. The number of nitrogens with zero attached hydrogens (tertiary/aromatic N) is 3. The van der Waals surface area contributed by atoms with Crippen molar-refractivity contribution < 1.29 is 19.2 Å². The van der Waals surface area contributed by atoms with Gasteiger partial charge in [-0.1, -0.05) is 11.3 Å². The second kappa shape index (κ2) is 6.96. The molecular formula is C17H15N3O5S. The van der Waals surface area contributed by atoms with Crippen LogP contribution in [0, 0.1) is 10.1 Å². The summed E-state index contributed by atoms with van der Waals surface area (Å²) in [5.74, 6) is 0.414. The molecule has 0 fully saturated rings. The lowest BCUT2D eigenvalue weighted by Gasteiger charge is -2.07. The van der Waals surface area contributed by atoms with Crippen molar-refractivity contribution in [2.24, 2.45) is 12.0 Å². The van der Waals surface area contributed by atoms with Crippen LogP contribution in [0.25, 0.3) is 10.2 Å². The summed E-state index contributed by atoms with van der Waals surface area (Å²) in [4.78, 5) is 27.7. The van der Waals surface area contributed by atoms with Crippen LogP contribution in [0.4, 0.5) is 5.69 Å². The number of fused-ring (bicyclic) bond motifs is 1. The van der Waals surface area contributed by atoms with Crippen LogP contribution in [0.15, 0.2) is 41.4 Å². The lowest BCUT2D eigenvalue weighted by atomic mass is 10.2. The van der Waals surface area contributed by atoms with Crippen molar-refractivity contribution in [2.45, 2.75) is 0 Å². The molecule has 134 valence electrons. The van der Waals surface area contributed by atoms with Gasteiger partial charge in [0, 0.05) is 19.2 Å². The number of aromatic nitrogens is 1. The highest BCUT2D eigenvalue weighted by Crippen LogP contribution is 2.25. The number of aryl methyl sites for hydroxylation is 1. The van der Waals surface area contributed by atoms with Crippen LogP contribution in [0.3, 0.4) is 0 Å². The zero-order valence-corrected chi connectivity index (χ0v) is 15.1. The van der Waals surface area contributed by atoms with Crippen LogP contribution < -0.4 is 14.3 Å². The van der Waals surface area contributed by atoms with Crippen LogP contribution in [-0.4, -0.2) is 29.6 Å². The van der Waals surface area contributed by atoms with Gasteiger partial charge in [-0.25, -0.2) is 0 Å². The molecule has 2 aromatic carbocycles. The Kier molecular flexibility index (Phi) is 4.72. The van der Waals surface area contributed by atoms with Gasteiger partial charge in [0.15, 0.2) is 4.80 Å². The molecule has 0 spiro atoms. The van der Waals surface area contributed by atoms with Crippen LogP contribution >= 0.6 is 11.3 Å². The first-order valence-corrected chi connectivity index (χ1v) is 8.31. The normalized spacial score (nSPS) is 11.6. The predicted octanol–water partition coefficient (Wildman–Crippen LogP) is 2.91. The fourth-order valence-corrected chi connectivity index (χ4v) is 3.52. The molecule has 0 aliphatic heterocycles. The van der Waals surface area contributed by atoms with Crippen molar-refractivity contribution >= 4 is 33.1 Å². The molecule has 1 amide bonds. The summed E-state index contributed by atoms with van der Waals surface area (Å²) in [7, 11) is 4.73. The number of rotatable bonds is 4. The molecule has 0 aliphatic rings. The summed E-state index contributed by atoms with van der Waals surface area (Å²) in [6, 6.07) is 9.41. The maximum Gasteiger partial charge on any atom is 0.283 e. The number of carbonyl (C=O) groups excluding carboxylic acids is 1. The SMILES string of the molecule is COc1ccc(OC)c(C(=O)N=c2sc3cc([N+](=O)[O-])ccc3n2C)c1.